The van der Waals surface area contributed by atoms with E-state index in [0.717, 1.165) is 16.6 Å². The molecule has 0 radical (unpaired) electrons. The monoisotopic (exact) mass is 369 g/mol. The zero-order valence-corrected chi connectivity index (χ0v) is 15.2. The number of benzene rings is 2. The number of aromatic nitrogens is 4. The van der Waals surface area contributed by atoms with Crippen molar-refractivity contribution in [3.05, 3.63) is 47.2 Å². The summed E-state index contributed by atoms with van der Waals surface area (Å²) < 4.78 is 12.6. The summed E-state index contributed by atoms with van der Waals surface area (Å²) in [5.41, 5.74) is 4.16. The Hall–Kier alpha value is -3.06. The molecule has 132 valence electrons. The molecule has 2 aromatic carbocycles. The van der Waals surface area contributed by atoms with Gasteiger partial charge in [0.25, 0.3) is 0 Å². The van der Waals surface area contributed by atoms with E-state index in [1.54, 1.807) is 32.7 Å². The molecule has 0 bridgehead atoms. The van der Waals surface area contributed by atoms with Crippen LogP contribution in [0.2, 0.25) is 5.02 Å². The molecule has 0 amide bonds. The summed E-state index contributed by atoms with van der Waals surface area (Å²) in [6, 6.07) is 9.48. The van der Waals surface area contributed by atoms with E-state index in [1.807, 2.05) is 29.5 Å². The van der Waals surface area contributed by atoms with Crippen LogP contribution >= 0.6 is 11.6 Å². The van der Waals surface area contributed by atoms with Crippen LogP contribution in [0.5, 0.6) is 11.5 Å². The van der Waals surface area contributed by atoms with E-state index in [4.69, 9.17) is 26.1 Å². The van der Waals surface area contributed by atoms with Gasteiger partial charge in [-0.2, -0.15) is 0 Å². The fourth-order valence-corrected chi connectivity index (χ4v) is 3.07. The maximum atomic E-state index is 6.26. The van der Waals surface area contributed by atoms with Gasteiger partial charge < -0.3 is 14.8 Å². The van der Waals surface area contributed by atoms with E-state index < -0.39 is 0 Å². The van der Waals surface area contributed by atoms with Crippen LogP contribution in [0.3, 0.4) is 0 Å². The molecule has 0 aliphatic carbocycles. The molecule has 8 heteroatoms. The number of fused-ring (bicyclic) bond motifs is 3. The molecule has 0 aliphatic rings. The fraction of sp³-hybridized carbons (Fsp3) is 0.167. The van der Waals surface area contributed by atoms with Crippen LogP contribution in [-0.4, -0.2) is 33.8 Å². The van der Waals surface area contributed by atoms with Crippen molar-refractivity contribution in [1.82, 2.24) is 19.6 Å². The largest absolute Gasteiger partial charge is 0.495 e. The molecule has 0 unspecified atom stereocenters. The molecule has 0 aliphatic heterocycles. The Morgan fingerprint density at radius 2 is 1.88 bits per heavy atom. The average Bonchev–Trinajstić information content (AvgIpc) is 3.13. The third-order valence-electron chi connectivity index (χ3n) is 4.11. The van der Waals surface area contributed by atoms with Crippen molar-refractivity contribution in [2.45, 2.75) is 6.92 Å². The number of methoxy groups -OCH3 is 2. The highest BCUT2D eigenvalue weighted by Crippen LogP contribution is 2.37. The molecule has 26 heavy (non-hydrogen) atoms. The molecule has 0 saturated heterocycles. The van der Waals surface area contributed by atoms with E-state index >= 15 is 0 Å². The third-order valence-corrected chi connectivity index (χ3v) is 4.40. The zero-order valence-electron chi connectivity index (χ0n) is 14.4. The lowest BCUT2D eigenvalue weighted by atomic mass is 10.2. The van der Waals surface area contributed by atoms with Gasteiger partial charge in [-0.15, -0.1) is 10.2 Å². The van der Waals surface area contributed by atoms with E-state index in [1.165, 1.54) is 0 Å². The number of ether oxygens (including phenoxy) is 2. The molecule has 1 N–H and O–H groups in total. The minimum absolute atomic E-state index is 0.463. The van der Waals surface area contributed by atoms with Crippen molar-refractivity contribution in [3.8, 4) is 11.5 Å². The van der Waals surface area contributed by atoms with Gasteiger partial charge in [-0.25, -0.2) is 4.98 Å². The topological polar surface area (TPSA) is 73.6 Å². The van der Waals surface area contributed by atoms with Crippen LogP contribution in [0.4, 0.5) is 11.5 Å². The lowest BCUT2D eigenvalue weighted by Gasteiger charge is -2.14. The number of halogens is 1. The quantitative estimate of drug-likeness (QED) is 0.586. The van der Waals surface area contributed by atoms with Gasteiger partial charge in [-0.3, -0.25) is 4.40 Å². The van der Waals surface area contributed by atoms with Crippen LogP contribution in [0.1, 0.15) is 5.56 Å². The molecule has 0 spiro atoms. The second kappa shape index (κ2) is 6.34. The second-order valence-corrected chi connectivity index (χ2v) is 6.20. The number of nitrogens with one attached hydrogen (secondary N) is 1. The van der Waals surface area contributed by atoms with Crippen molar-refractivity contribution in [2.24, 2.45) is 0 Å². The summed E-state index contributed by atoms with van der Waals surface area (Å²) in [5.74, 6) is 1.66. The minimum atomic E-state index is 0.463. The van der Waals surface area contributed by atoms with Crippen molar-refractivity contribution >= 4 is 39.8 Å². The van der Waals surface area contributed by atoms with Gasteiger partial charge in [0.15, 0.2) is 5.82 Å². The van der Waals surface area contributed by atoms with Crippen molar-refractivity contribution < 1.29 is 9.47 Å². The average molecular weight is 370 g/mol. The van der Waals surface area contributed by atoms with Crippen LogP contribution in [0.15, 0.2) is 36.7 Å². The molecule has 0 saturated carbocycles. The number of hydrogen-bond acceptors (Lipinski definition) is 6. The lowest BCUT2D eigenvalue weighted by Crippen LogP contribution is -2.02. The van der Waals surface area contributed by atoms with E-state index in [0.29, 0.717) is 33.7 Å². The molecule has 2 aromatic heterocycles. The van der Waals surface area contributed by atoms with Gasteiger partial charge in [0.05, 0.1) is 36.0 Å². The lowest BCUT2D eigenvalue weighted by molar-refractivity contribution is 0.396. The van der Waals surface area contributed by atoms with Crippen molar-refractivity contribution in [1.29, 1.82) is 0 Å². The third kappa shape index (κ3) is 2.66. The Kier molecular flexibility index (Phi) is 4.00. The highest BCUT2D eigenvalue weighted by Gasteiger charge is 2.15. The molecule has 4 rings (SSSR count). The molecule has 0 fully saturated rings. The summed E-state index contributed by atoms with van der Waals surface area (Å²) in [4.78, 5) is 4.70. The summed E-state index contributed by atoms with van der Waals surface area (Å²) in [6.45, 7) is 2.03. The van der Waals surface area contributed by atoms with Gasteiger partial charge in [0, 0.05) is 6.07 Å². The number of rotatable bonds is 4. The molecule has 2 heterocycles. The summed E-state index contributed by atoms with van der Waals surface area (Å²) in [7, 11) is 3.14. The first-order valence-corrected chi connectivity index (χ1v) is 8.27. The van der Waals surface area contributed by atoms with Gasteiger partial charge >= 0.3 is 0 Å². The van der Waals surface area contributed by atoms with Crippen LogP contribution in [0.25, 0.3) is 16.7 Å². The minimum Gasteiger partial charge on any atom is -0.495 e. The van der Waals surface area contributed by atoms with Crippen LogP contribution < -0.4 is 14.8 Å². The van der Waals surface area contributed by atoms with Gasteiger partial charge in [-0.1, -0.05) is 17.7 Å². The first-order valence-electron chi connectivity index (χ1n) is 7.89. The number of aryl methyl sites for hydroxylation is 1. The Balaban J connectivity index is 1.88. The van der Waals surface area contributed by atoms with Gasteiger partial charge in [-0.05, 0) is 30.7 Å². The molecular weight excluding hydrogens is 354 g/mol. The standard InChI is InChI=1S/C18H16ClN5O2/c1-10-4-5-12-14(6-10)24-9-20-23-18(24)17(21-12)22-13-7-11(19)15(25-2)8-16(13)26-3/h4-9H,1-3H3,(H,21,22). The fourth-order valence-electron chi connectivity index (χ4n) is 2.83. The first kappa shape index (κ1) is 16.4. The first-order chi connectivity index (χ1) is 12.6. The maximum Gasteiger partial charge on any atom is 0.204 e. The Morgan fingerprint density at radius 3 is 2.65 bits per heavy atom. The number of nitrogens with zero attached hydrogens (tertiary/aromatic N) is 4. The predicted molar refractivity (Wildman–Crippen MR) is 101 cm³/mol. The highest BCUT2D eigenvalue weighted by atomic mass is 35.5. The molecule has 4 aromatic rings. The number of anilines is 2. The Bertz CT molecular complexity index is 1130. The van der Waals surface area contributed by atoms with Crippen LogP contribution in [0, 0.1) is 6.92 Å². The normalized spacial score (nSPS) is 11.1. The van der Waals surface area contributed by atoms with Crippen molar-refractivity contribution in [3.63, 3.8) is 0 Å². The Morgan fingerprint density at radius 1 is 1.08 bits per heavy atom. The molecule has 7 nitrogen and oxygen atoms in total. The smallest absolute Gasteiger partial charge is 0.204 e. The number of hydrogen-bond donors (Lipinski definition) is 1. The zero-order chi connectivity index (χ0) is 18.3. The molecule has 0 atom stereocenters. The second-order valence-electron chi connectivity index (χ2n) is 5.79. The van der Waals surface area contributed by atoms with E-state index in [-0.39, 0.29) is 0 Å². The van der Waals surface area contributed by atoms with Crippen molar-refractivity contribution in [2.75, 3.05) is 19.5 Å². The summed E-state index contributed by atoms with van der Waals surface area (Å²) in [6.07, 6.45) is 1.67. The summed E-state index contributed by atoms with van der Waals surface area (Å²) in [5, 5.41) is 11.9. The predicted octanol–water partition coefficient (Wildman–Crippen LogP) is 4.00. The maximum absolute atomic E-state index is 6.26. The SMILES string of the molecule is COc1cc(OC)c(Nc2nc3ccc(C)cc3n3cnnc23)cc1Cl. The van der Waals surface area contributed by atoms with Crippen LogP contribution in [-0.2, 0) is 0 Å². The van der Waals surface area contributed by atoms with Gasteiger partial charge in [0.2, 0.25) is 5.65 Å². The summed E-state index contributed by atoms with van der Waals surface area (Å²) >= 11 is 6.26. The van der Waals surface area contributed by atoms with E-state index in [9.17, 15) is 0 Å². The Labute approximate surface area is 154 Å². The highest BCUT2D eigenvalue weighted by molar-refractivity contribution is 6.32. The van der Waals surface area contributed by atoms with E-state index in [2.05, 4.69) is 15.5 Å². The molecular formula is C18H16ClN5O2. The van der Waals surface area contributed by atoms with Gasteiger partial charge in [0.1, 0.15) is 17.8 Å².